The molecule has 1 heterocycles. The minimum atomic E-state index is -1.08. The van der Waals surface area contributed by atoms with Gasteiger partial charge in [0.15, 0.2) is 0 Å². The van der Waals surface area contributed by atoms with E-state index in [0.717, 1.165) is 11.3 Å². The highest BCUT2D eigenvalue weighted by Gasteiger charge is 2.57. The number of hydrogen-bond acceptors (Lipinski definition) is 3. The number of nitrogens with one attached hydrogen (secondary N) is 1. The molecule has 1 spiro atoms. The smallest absolute Gasteiger partial charge is 0.276 e. The lowest BCUT2D eigenvalue weighted by atomic mass is 9.66. The van der Waals surface area contributed by atoms with E-state index in [-0.39, 0.29) is 0 Å². The first-order valence-corrected chi connectivity index (χ1v) is 7.28. The van der Waals surface area contributed by atoms with Crippen LogP contribution in [0.1, 0.15) is 19.3 Å². The van der Waals surface area contributed by atoms with Crippen molar-refractivity contribution in [1.29, 1.82) is 0 Å². The number of barbiturate groups is 1. The molecule has 20 heavy (non-hydrogen) atoms. The van der Waals surface area contributed by atoms with Crippen LogP contribution in [0.2, 0.25) is 5.02 Å². The maximum Gasteiger partial charge on any atom is 0.335 e. The number of carbonyl (C=O) groups is 3. The van der Waals surface area contributed by atoms with Crippen LogP contribution in [0.5, 0.6) is 0 Å². The number of urea groups is 1. The summed E-state index contributed by atoms with van der Waals surface area (Å²) in [6.07, 6.45) is 1.77. The van der Waals surface area contributed by atoms with Crippen LogP contribution < -0.4 is 10.2 Å². The highest BCUT2D eigenvalue weighted by atomic mass is 79.9. The number of amides is 4. The summed E-state index contributed by atoms with van der Waals surface area (Å²) in [5.74, 6) is -0.944. The zero-order valence-corrected chi connectivity index (χ0v) is 12.6. The van der Waals surface area contributed by atoms with Crippen molar-refractivity contribution in [3.8, 4) is 0 Å². The molecular formula is C13H10BrClN2O3. The Labute approximate surface area is 128 Å². The summed E-state index contributed by atoms with van der Waals surface area (Å²) in [5, 5.41) is 2.75. The topological polar surface area (TPSA) is 66.5 Å². The van der Waals surface area contributed by atoms with Crippen LogP contribution >= 0.6 is 27.5 Å². The van der Waals surface area contributed by atoms with E-state index in [2.05, 4.69) is 21.2 Å². The van der Waals surface area contributed by atoms with Crippen LogP contribution in [0.3, 0.4) is 0 Å². The normalized spacial score (nSPS) is 20.9. The third-order valence-electron chi connectivity index (χ3n) is 3.83. The van der Waals surface area contributed by atoms with Crippen molar-refractivity contribution in [1.82, 2.24) is 5.32 Å². The van der Waals surface area contributed by atoms with E-state index >= 15 is 0 Å². The monoisotopic (exact) mass is 356 g/mol. The number of halogens is 2. The van der Waals surface area contributed by atoms with Gasteiger partial charge in [0.05, 0.1) is 5.69 Å². The molecule has 4 amide bonds. The number of nitrogens with zero attached hydrogens (tertiary/aromatic N) is 1. The molecule has 2 aliphatic rings. The van der Waals surface area contributed by atoms with Crippen molar-refractivity contribution in [2.24, 2.45) is 5.41 Å². The van der Waals surface area contributed by atoms with Crippen LogP contribution in [0, 0.1) is 5.41 Å². The number of anilines is 1. The Hall–Kier alpha value is -1.40. The zero-order chi connectivity index (χ0) is 14.5. The van der Waals surface area contributed by atoms with Crippen molar-refractivity contribution < 1.29 is 14.4 Å². The second-order valence-corrected chi connectivity index (χ2v) is 6.22. The third-order valence-corrected chi connectivity index (χ3v) is 4.70. The molecule has 0 aromatic heterocycles. The molecule has 0 unspecified atom stereocenters. The lowest BCUT2D eigenvalue weighted by Gasteiger charge is -2.44. The molecule has 1 aliphatic heterocycles. The average Bonchev–Trinajstić information content (AvgIpc) is 2.29. The fourth-order valence-corrected chi connectivity index (χ4v) is 3.39. The summed E-state index contributed by atoms with van der Waals surface area (Å²) in [5.41, 5.74) is -0.692. The molecular weight excluding hydrogens is 348 g/mol. The fraction of sp³-hybridized carbons (Fsp3) is 0.308. The minimum Gasteiger partial charge on any atom is -0.276 e. The SMILES string of the molecule is O=C1NC(=O)C2(CCC2)C(=O)N1c1ccc(Cl)cc1Br. The molecule has 1 aliphatic carbocycles. The van der Waals surface area contributed by atoms with Gasteiger partial charge in [0, 0.05) is 9.50 Å². The summed E-state index contributed by atoms with van der Waals surface area (Å²) >= 11 is 9.15. The Kier molecular flexibility index (Phi) is 3.10. The quantitative estimate of drug-likeness (QED) is 0.786. The molecule has 5 nitrogen and oxygen atoms in total. The van der Waals surface area contributed by atoms with Crippen molar-refractivity contribution in [3.05, 3.63) is 27.7 Å². The predicted octanol–water partition coefficient (Wildman–Crippen LogP) is 2.86. The van der Waals surface area contributed by atoms with Gasteiger partial charge in [-0.2, -0.15) is 0 Å². The lowest BCUT2D eigenvalue weighted by molar-refractivity contribution is -0.148. The molecule has 1 saturated carbocycles. The molecule has 1 aromatic rings. The maximum atomic E-state index is 12.6. The Morgan fingerprint density at radius 1 is 1.25 bits per heavy atom. The molecule has 0 atom stereocenters. The molecule has 0 radical (unpaired) electrons. The second-order valence-electron chi connectivity index (χ2n) is 4.93. The van der Waals surface area contributed by atoms with Gasteiger partial charge in [-0.15, -0.1) is 0 Å². The summed E-state index contributed by atoms with van der Waals surface area (Å²) < 4.78 is 0.525. The van der Waals surface area contributed by atoms with Gasteiger partial charge in [-0.3, -0.25) is 14.9 Å². The molecule has 104 valence electrons. The Morgan fingerprint density at radius 2 is 1.95 bits per heavy atom. The summed E-state index contributed by atoms with van der Waals surface area (Å²) in [6, 6.07) is 4.04. The summed E-state index contributed by atoms with van der Waals surface area (Å²) in [4.78, 5) is 37.5. The largest absolute Gasteiger partial charge is 0.335 e. The number of hydrogen-bond donors (Lipinski definition) is 1. The number of benzene rings is 1. The predicted molar refractivity (Wildman–Crippen MR) is 76.5 cm³/mol. The van der Waals surface area contributed by atoms with Crippen LogP contribution in [0.25, 0.3) is 0 Å². The van der Waals surface area contributed by atoms with E-state index in [9.17, 15) is 14.4 Å². The fourth-order valence-electron chi connectivity index (χ4n) is 2.53. The Morgan fingerprint density at radius 3 is 2.50 bits per heavy atom. The van der Waals surface area contributed by atoms with E-state index in [1.165, 1.54) is 0 Å². The van der Waals surface area contributed by atoms with Crippen LogP contribution in [0.15, 0.2) is 22.7 Å². The van der Waals surface area contributed by atoms with Gasteiger partial charge in [0.2, 0.25) is 5.91 Å². The van der Waals surface area contributed by atoms with Crippen LogP contribution in [0.4, 0.5) is 10.5 Å². The van der Waals surface area contributed by atoms with Gasteiger partial charge in [-0.25, -0.2) is 9.69 Å². The first-order valence-electron chi connectivity index (χ1n) is 6.11. The first kappa shape index (κ1) is 13.6. The van der Waals surface area contributed by atoms with Gasteiger partial charge in [0.1, 0.15) is 5.41 Å². The van der Waals surface area contributed by atoms with E-state index in [0.29, 0.717) is 28.0 Å². The van der Waals surface area contributed by atoms with E-state index in [1.54, 1.807) is 18.2 Å². The van der Waals surface area contributed by atoms with Gasteiger partial charge in [0.25, 0.3) is 5.91 Å². The van der Waals surface area contributed by atoms with E-state index in [1.807, 2.05) is 0 Å². The summed E-state index contributed by atoms with van der Waals surface area (Å²) in [6.45, 7) is 0. The zero-order valence-electron chi connectivity index (χ0n) is 10.3. The van der Waals surface area contributed by atoms with Crippen LogP contribution in [-0.4, -0.2) is 17.8 Å². The van der Waals surface area contributed by atoms with Gasteiger partial charge in [-0.1, -0.05) is 18.0 Å². The molecule has 0 bridgehead atoms. The molecule has 1 N–H and O–H groups in total. The van der Waals surface area contributed by atoms with Crippen molar-refractivity contribution in [3.63, 3.8) is 0 Å². The minimum absolute atomic E-state index is 0.385. The number of rotatable bonds is 1. The molecule has 3 rings (SSSR count). The second kappa shape index (κ2) is 4.56. The summed E-state index contributed by atoms with van der Waals surface area (Å²) in [7, 11) is 0. The molecule has 1 aromatic carbocycles. The highest BCUT2D eigenvalue weighted by molar-refractivity contribution is 9.10. The van der Waals surface area contributed by atoms with E-state index < -0.39 is 23.3 Å². The van der Waals surface area contributed by atoms with Gasteiger partial charge in [-0.05, 0) is 47.0 Å². The van der Waals surface area contributed by atoms with Crippen molar-refractivity contribution in [2.75, 3.05) is 4.90 Å². The lowest BCUT2D eigenvalue weighted by Crippen LogP contribution is -2.66. The Balaban J connectivity index is 2.05. The molecule has 2 fully saturated rings. The average molecular weight is 358 g/mol. The van der Waals surface area contributed by atoms with E-state index in [4.69, 9.17) is 11.6 Å². The highest BCUT2D eigenvalue weighted by Crippen LogP contribution is 2.46. The first-order chi connectivity index (χ1) is 9.45. The maximum absolute atomic E-state index is 12.6. The van der Waals surface area contributed by atoms with Crippen LogP contribution in [-0.2, 0) is 9.59 Å². The van der Waals surface area contributed by atoms with Crippen molar-refractivity contribution in [2.45, 2.75) is 19.3 Å². The molecule has 7 heteroatoms. The van der Waals surface area contributed by atoms with Crippen molar-refractivity contribution >= 4 is 51.1 Å². The molecule has 1 saturated heterocycles. The third kappa shape index (κ3) is 1.78. The standard InChI is InChI=1S/C13H10BrClN2O3/c14-8-6-7(15)2-3-9(8)17-11(19)13(4-1-5-13)10(18)16-12(17)20/h2-3,6H,1,4-5H2,(H,16,18,20). The number of imide groups is 2. The Bertz CT molecular complexity index is 643. The number of carbonyl (C=O) groups excluding carboxylic acids is 3. The van der Waals surface area contributed by atoms with Gasteiger partial charge < -0.3 is 0 Å². The van der Waals surface area contributed by atoms with Gasteiger partial charge >= 0.3 is 6.03 Å².